The Hall–Kier alpha value is -2.65. The maximum absolute atomic E-state index is 12.5. The number of ether oxygens (including phenoxy) is 1. The summed E-state index contributed by atoms with van der Waals surface area (Å²) < 4.78 is 7.30. The average Bonchev–Trinajstić information content (AvgIpc) is 3.18. The fourth-order valence-corrected chi connectivity index (χ4v) is 3.81. The normalized spacial score (nSPS) is 14.3. The van der Waals surface area contributed by atoms with Crippen LogP contribution < -0.4 is 10.2 Å². The maximum Gasteiger partial charge on any atom is 0.251 e. The van der Waals surface area contributed by atoms with E-state index in [9.17, 15) is 4.79 Å². The van der Waals surface area contributed by atoms with E-state index >= 15 is 0 Å². The lowest BCUT2D eigenvalue weighted by atomic mass is 10.1. The zero-order valence-corrected chi connectivity index (χ0v) is 18.3. The van der Waals surface area contributed by atoms with Gasteiger partial charge in [-0.15, -0.1) is 0 Å². The molecule has 1 aliphatic rings. The summed E-state index contributed by atoms with van der Waals surface area (Å²) in [7, 11) is 0. The lowest BCUT2D eigenvalue weighted by Gasteiger charge is -2.28. The summed E-state index contributed by atoms with van der Waals surface area (Å²) in [4.78, 5) is 24.1. The monoisotopic (exact) mass is 426 g/mol. The van der Waals surface area contributed by atoms with E-state index in [1.54, 1.807) is 0 Å². The second kappa shape index (κ2) is 9.01. The van der Waals surface area contributed by atoms with Gasteiger partial charge in [-0.3, -0.25) is 4.79 Å². The number of benzene rings is 1. The first kappa shape index (κ1) is 20.6. The third-order valence-electron chi connectivity index (χ3n) is 5.33. The number of rotatable bonds is 6. The summed E-state index contributed by atoms with van der Waals surface area (Å²) in [6.07, 6.45) is 3.78. The molecule has 30 heavy (non-hydrogen) atoms. The van der Waals surface area contributed by atoms with Crippen molar-refractivity contribution in [3.63, 3.8) is 0 Å². The quantitative estimate of drug-likeness (QED) is 0.479. The van der Waals surface area contributed by atoms with Gasteiger partial charge in [0, 0.05) is 25.2 Å². The molecule has 0 saturated carbocycles. The molecule has 1 fully saturated rings. The minimum absolute atomic E-state index is 0.0806. The van der Waals surface area contributed by atoms with Gasteiger partial charge in [-0.2, -0.15) is 5.10 Å². The van der Waals surface area contributed by atoms with Gasteiger partial charge in [-0.1, -0.05) is 17.8 Å². The first-order valence-electron chi connectivity index (χ1n) is 10.0. The Bertz CT molecular complexity index is 1060. The summed E-state index contributed by atoms with van der Waals surface area (Å²) in [5.41, 5.74) is 3.74. The summed E-state index contributed by atoms with van der Waals surface area (Å²) >= 11 is 1.51. The van der Waals surface area contributed by atoms with Gasteiger partial charge in [-0.25, -0.2) is 14.6 Å². The van der Waals surface area contributed by atoms with Crippen LogP contribution in [0.4, 0.5) is 5.82 Å². The lowest BCUT2D eigenvalue weighted by molar-refractivity contribution is 0.0952. The number of thioether (sulfide) groups is 1. The SMILES string of the molecule is CSc1nc(N2CCOCC2)c2cnn(CCNC(=O)c3ccc(C)c(C)c3)c2n1. The number of nitrogens with zero attached hydrogens (tertiary/aromatic N) is 5. The number of aryl methyl sites for hydroxylation is 2. The molecule has 0 spiro atoms. The number of amides is 1. The first-order chi connectivity index (χ1) is 14.6. The van der Waals surface area contributed by atoms with E-state index in [4.69, 9.17) is 9.72 Å². The molecule has 1 aliphatic heterocycles. The molecule has 1 N–H and O–H groups in total. The van der Waals surface area contributed by atoms with Crippen molar-refractivity contribution in [1.82, 2.24) is 25.1 Å². The van der Waals surface area contributed by atoms with Gasteiger partial charge >= 0.3 is 0 Å². The number of carbonyl (C=O) groups is 1. The van der Waals surface area contributed by atoms with E-state index in [1.165, 1.54) is 17.3 Å². The van der Waals surface area contributed by atoms with Crippen LogP contribution in [0.25, 0.3) is 11.0 Å². The summed E-state index contributed by atoms with van der Waals surface area (Å²) in [6.45, 7) is 8.04. The molecular formula is C21H26N6O2S. The molecule has 0 unspecified atom stereocenters. The summed E-state index contributed by atoms with van der Waals surface area (Å²) in [6, 6.07) is 5.74. The Kier molecular flexibility index (Phi) is 6.19. The van der Waals surface area contributed by atoms with E-state index in [0.717, 1.165) is 35.5 Å². The molecule has 4 rings (SSSR count). The molecule has 8 nitrogen and oxygen atoms in total. The Balaban J connectivity index is 1.50. The third kappa shape index (κ3) is 4.27. The van der Waals surface area contributed by atoms with Crippen molar-refractivity contribution in [2.75, 3.05) is 44.0 Å². The molecule has 0 atom stereocenters. The smallest absolute Gasteiger partial charge is 0.251 e. The Labute approximate surface area is 180 Å². The highest BCUT2D eigenvalue weighted by Gasteiger charge is 2.20. The van der Waals surface area contributed by atoms with Crippen LogP contribution in [0.1, 0.15) is 21.5 Å². The van der Waals surface area contributed by atoms with E-state index in [0.29, 0.717) is 37.0 Å². The number of carbonyl (C=O) groups excluding carboxylic acids is 1. The van der Waals surface area contributed by atoms with Crippen molar-refractivity contribution in [3.05, 3.63) is 41.1 Å². The third-order valence-corrected chi connectivity index (χ3v) is 5.87. The topological polar surface area (TPSA) is 85.2 Å². The molecule has 3 heterocycles. The maximum atomic E-state index is 12.5. The second-order valence-corrected chi connectivity index (χ2v) is 8.07. The van der Waals surface area contributed by atoms with Gasteiger partial charge in [-0.05, 0) is 43.4 Å². The molecule has 158 valence electrons. The zero-order chi connectivity index (χ0) is 21.1. The predicted octanol–water partition coefficient (Wildman–Crippen LogP) is 2.43. The van der Waals surface area contributed by atoms with Crippen LogP contribution in [0.3, 0.4) is 0 Å². The Morgan fingerprint density at radius 1 is 1.20 bits per heavy atom. The molecule has 1 saturated heterocycles. The second-order valence-electron chi connectivity index (χ2n) is 7.29. The summed E-state index contributed by atoms with van der Waals surface area (Å²) in [5, 5.41) is 9.14. The molecule has 0 aliphatic carbocycles. The van der Waals surface area contributed by atoms with Crippen molar-refractivity contribution in [2.45, 2.75) is 25.5 Å². The zero-order valence-electron chi connectivity index (χ0n) is 17.5. The van der Waals surface area contributed by atoms with Gasteiger partial charge in [0.05, 0.1) is 31.3 Å². The minimum atomic E-state index is -0.0806. The van der Waals surface area contributed by atoms with Crippen LogP contribution in [0.2, 0.25) is 0 Å². The van der Waals surface area contributed by atoms with E-state index in [2.05, 4.69) is 20.3 Å². The van der Waals surface area contributed by atoms with Gasteiger partial charge in [0.15, 0.2) is 10.8 Å². The van der Waals surface area contributed by atoms with E-state index in [-0.39, 0.29) is 5.91 Å². The number of aromatic nitrogens is 4. The van der Waals surface area contributed by atoms with Crippen molar-refractivity contribution >= 4 is 34.5 Å². The molecular weight excluding hydrogens is 400 g/mol. The van der Waals surface area contributed by atoms with E-state index < -0.39 is 0 Å². The van der Waals surface area contributed by atoms with Crippen LogP contribution in [0, 0.1) is 13.8 Å². The lowest BCUT2D eigenvalue weighted by Crippen LogP contribution is -2.37. The van der Waals surface area contributed by atoms with Gasteiger partial charge in [0.25, 0.3) is 5.91 Å². The highest BCUT2D eigenvalue weighted by molar-refractivity contribution is 7.98. The molecule has 0 radical (unpaired) electrons. The van der Waals surface area contributed by atoms with Crippen molar-refractivity contribution in [2.24, 2.45) is 0 Å². The Morgan fingerprint density at radius 2 is 2.00 bits per heavy atom. The number of morpholine rings is 1. The van der Waals surface area contributed by atoms with Gasteiger partial charge < -0.3 is 15.0 Å². The largest absolute Gasteiger partial charge is 0.378 e. The van der Waals surface area contributed by atoms with E-state index in [1.807, 2.05) is 49.2 Å². The molecule has 0 bridgehead atoms. The van der Waals surface area contributed by atoms with Crippen LogP contribution in [0.5, 0.6) is 0 Å². The van der Waals surface area contributed by atoms with Gasteiger partial charge in [0.1, 0.15) is 5.82 Å². The van der Waals surface area contributed by atoms with Crippen LogP contribution in [-0.2, 0) is 11.3 Å². The average molecular weight is 427 g/mol. The highest BCUT2D eigenvalue weighted by Crippen LogP contribution is 2.27. The fourth-order valence-electron chi connectivity index (χ4n) is 3.45. The number of fused-ring (bicyclic) bond motifs is 1. The van der Waals surface area contributed by atoms with Crippen LogP contribution in [-0.4, -0.2) is 64.8 Å². The number of anilines is 1. The molecule has 2 aromatic heterocycles. The fraction of sp³-hybridized carbons (Fsp3) is 0.429. The predicted molar refractivity (Wildman–Crippen MR) is 118 cm³/mol. The highest BCUT2D eigenvalue weighted by atomic mass is 32.2. The van der Waals surface area contributed by atoms with Crippen LogP contribution >= 0.6 is 11.8 Å². The number of hydrogen-bond acceptors (Lipinski definition) is 7. The molecule has 9 heteroatoms. The summed E-state index contributed by atoms with van der Waals surface area (Å²) in [5.74, 6) is 0.820. The van der Waals surface area contributed by atoms with Crippen molar-refractivity contribution in [1.29, 1.82) is 0 Å². The van der Waals surface area contributed by atoms with Crippen LogP contribution in [0.15, 0.2) is 29.6 Å². The Morgan fingerprint density at radius 3 is 2.73 bits per heavy atom. The number of hydrogen-bond donors (Lipinski definition) is 1. The molecule has 3 aromatic rings. The minimum Gasteiger partial charge on any atom is -0.378 e. The molecule has 1 aromatic carbocycles. The van der Waals surface area contributed by atoms with Crippen molar-refractivity contribution in [3.8, 4) is 0 Å². The first-order valence-corrected chi connectivity index (χ1v) is 11.2. The van der Waals surface area contributed by atoms with Crippen molar-refractivity contribution < 1.29 is 9.53 Å². The number of nitrogens with one attached hydrogen (secondary N) is 1. The standard InChI is InChI=1S/C21H26N6O2S/c1-14-4-5-16(12-15(14)2)20(28)22-6-7-27-19-17(13-23-27)18(24-21(25-19)30-3)26-8-10-29-11-9-26/h4-5,12-13H,6-11H2,1-3H3,(H,22,28). The van der Waals surface area contributed by atoms with Gasteiger partial charge in [0.2, 0.25) is 0 Å². The molecule has 1 amide bonds.